The summed E-state index contributed by atoms with van der Waals surface area (Å²) >= 11 is 1.54. The summed E-state index contributed by atoms with van der Waals surface area (Å²) in [7, 11) is 1.40. The molecule has 1 N–H and O–H groups in total. The minimum atomic E-state index is -0.351. The molecule has 1 aromatic carbocycles. The highest BCUT2D eigenvalue weighted by Gasteiger charge is 2.27. The van der Waals surface area contributed by atoms with E-state index in [0.29, 0.717) is 17.1 Å². The molecular formula is C21H24N2O3S. The molecule has 2 aromatic rings. The van der Waals surface area contributed by atoms with Crippen molar-refractivity contribution in [1.29, 1.82) is 0 Å². The number of methoxy groups -OCH3 is 1. The SMILES string of the molecule is COC(=O)c1c(NC(=O)CN2CCc3ccccc32)sc2c1CCCCC2. The van der Waals surface area contributed by atoms with E-state index in [-0.39, 0.29) is 11.9 Å². The van der Waals surface area contributed by atoms with Crippen LogP contribution in [0.4, 0.5) is 10.7 Å². The van der Waals surface area contributed by atoms with Gasteiger partial charge in [0.2, 0.25) is 5.91 Å². The summed E-state index contributed by atoms with van der Waals surface area (Å²) in [5.74, 6) is -0.440. The number of thiophene rings is 1. The van der Waals surface area contributed by atoms with Crippen molar-refractivity contribution in [3.8, 4) is 0 Å². The molecule has 4 rings (SSSR count). The van der Waals surface area contributed by atoms with Crippen LogP contribution in [-0.2, 0) is 28.8 Å². The predicted octanol–water partition coefficient (Wildman–Crippen LogP) is 3.80. The number of hydrogen-bond acceptors (Lipinski definition) is 5. The number of para-hydroxylation sites is 1. The lowest BCUT2D eigenvalue weighted by molar-refractivity contribution is -0.114. The van der Waals surface area contributed by atoms with E-state index in [0.717, 1.165) is 49.9 Å². The number of nitrogens with zero attached hydrogens (tertiary/aromatic N) is 1. The molecule has 0 spiro atoms. The van der Waals surface area contributed by atoms with Crippen LogP contribution >= 0.6 is 11.3 Å². The lowest BCUT2D eigenvalue weighted by Crippen LogP contribution is -2.32. The van der Waals surface area contributed by atoms with E-state index < -0.39 is 0 Å². The molecule has 0 saturated carbocycles. The number of esters is 1. The van der Waals surface area contributed by atoms with Crippen LogP contribution in [0.1, 0.15) is 45.6 Å². The summed E-state index contributed by atoms with van der Waals surface area (Å²) < 4.78 is 5.01. The standard InChI is InChI=1S/C21H24N2O3S/c1-26-21(25)19-15-8-3-2-4-10-17(15)27-20(19)22-18(24)13-23-12-11-14-7-5-6-9-16(14)23/h5-7,9H,2-4,8,10-13H2,1H3,(H,22,24). The number of ether oxygens (including phenoxy) is 1. The first kappa shape index (κ1) is 18.0. The Morgan fingerprint density at radius 3 is 2.81 bits per heavy atom. The number of hydrogen-bond donors (Lipinski definition) is 1. The largest absolute Gasteiger partial charge is 0.465 e. The number of nitrogens with one attached hydrogen (secondary N) is 1. The van der Waals surface area contributed by atoms with Gasteiger partial charge in [0.15, 0.2) is 0 Å². The van der Waals surface area contributed by atoms with E-state index in [1.54, 1.807) is 0 Å². The molecule has 1 amide bonds. The lowest BCUT2D eigenvalue weighted by Gasteiger charge is -2.18. The molecule has 1 aromatic heterocycles. The minimum absolute atomic E-state index is 0.0896. The van der Waals surface area contributed by atoms with Gasteiger partial charge in [-0.15, -0.1) is 11.3 Å². The highest BCUT2D eigenvalue weighted by molar-refractivity contribution is 7.17. The number of aryl methyl sites for hydroxylation is 1. The average molecular weight is 385 g/mol. The molecule has 1 aliphatic carbocycles. The third kappa shape index (κ3) is 3.58. The first-order chi connectivity index (χ1) is 13.2. The van der Waals surface area contributed by atoms with Gasteiger partial charge in [-0.25, -0.2) is 4.79 Å². The van der Waals surface area contributed by atoms with Crippen LogP contribution < -0.4 is 10.2 Å². The van der Waals surface area contributed by atoms with Crippen molar-refractivity contribution >= 4 is 33.9 Å². The zero-order valence-corrected chi connectivity index (χ0v) is 16.4. The van der Waals surface area contributed by atoms with Gasteiger partial charge in [0.1, 0.15) is 5.00 Å². The smallest absolute Gasteiger partial charge is 0.341 e. The van der Waals surface area contributed by atoms with Crippen LogP contribution in [0.15, 0.2) is 24.3 Å². The van der Waals surface area contributed by atoms with Gasteiger partial charge in [-0.1, -0.05) is 24.6 Å². The van der Waals surface area contributed by atoms with E-state index in [4.69, 9.17) is 4.74 Å². The molecule has 2 aliphatic rings. The third-order valence-corrected chi connectivity index (χ3v) is 6.59. The van der Waals surface area contributed by atoms with Gasteiger partial charge in [-0.05, 0) is 49.3 Å². The number of carbonyl (C=O) groups is 2. The van der Waals surface area contributed by atoms with Crippen molar-refractivity contribution in [2.75, 3.05) is 30.4 Å². The maximum atomic E-state index is 12.7. The van der Waals surface area contributed by atoms with E-state index in [2.05, 4.69) is 22.3 Å². The summed E-state index contributed by atoms with van der Waals surface area (Å²) in [6.45, 7) is 1.14. The van der Waals surface area contributed by atoms with Crippen molar-refractivity contribution < 1.29 is 14.3 Å². The fraction of sp³-hybridized carbons (Fsp3) is 0.429. The summed E-state index contributed by atoms with van der Waals surface area (Å²) in [6.07, 6.45) is 6.20. The average Bonchev–Trinajstić information content (AvgIpc) is 3.14. The van der Waals surface area contributed by atoms with Crippen LogP contribution in [0.25, 0.3) is 0 Å². The molecule has 0 saturated heterocycles. The van der Waals surface area contributed by atoms with E-state index in [1.165, 1.54) is 35.3 Å². The zero-order chi connectivity index (χ0) is 18.8. The molecule has 0 fully saturated rings. The van der Waals surface area contributed by atoms with Crippen molar-refractivity contribution in [2.45, 2.75) is 38.5 Å². The number of rotatable bonds is 4. The molecule has 0 atom stereocenters. The van der Waals surface area contributed by atoms with Gasteiger partial charge in [-0.2, -0.15) is 0 Å². The van der Waals surface area contributed by atoms with Crippen LogP contribution in [0.3, 0.4) is 0 Å². The molecule has 27 heavy (non-hydrogen) atoms. The quantitative estimate of drug-likeness (QED) is 0.643. The van der Waals surface area contributed by atoms with Crippen molar-refractivity contribution in [1.82, 2.24) is 0 Å². The van der Waals surface area contributed by atoms with Gasteiger partial charge in [0.25, 0.3) is 0 Å². The summed E-state index contributed by atoms with van der Waals surface area (Å²) in [5, 5.41) is 3.64. The van der Waals surface area contributed by atoms with Gasteiger partial charge >= 0.3 is 5.97 Å². The lowest BCUT2D eigenvalue weighted by atomic mass is 10.1. The zero-order valence-electron chi connectivity index (χ0n) is 15.5. The molecule has 0 bridgehead atoms. The fourth-order valence-electron chi connectivity index (χ4n) is 4.06. The molecule has 6 heteroatoms. The second-order valence-corrected chi connectivity index (χ2v) is 8.21. The summed E-state index contributed by atoms with van der Waals surface area (Å²) in [4.78, 5) is 28.4. The second-order valence-electron chi connectivity index (χ2n) is 7.11. The Balaban J connectivity index is 1.54. The van der Waals surface area contributed by atoms with E-state index >= 15 is 0 Å². The summed E-state index contributed by atoms with van der Waals surface area (Å²) in [6, 6.07) is 8.20. The number of benzene rings is 1. The van der Waals surface area contributed by atoms with Crippen LogP contribution in [0, 0.1) is 0 Å². The Labute approximate surface area is 163 Å². The predicted molar refractivity (Wildman–Crippen MR) is 108 cm³/mol. The molecule has 142 valence electrons. The van der Waals surface area contributed by atoms with Gasteiger partial charge in [0, 0.05) is 17.1 Å². The molecule has 0 radical (unpaired) electrons. The Kier molecular flexibility index (Phi) is 5.16. The molecule has 5 nitrogen and oxygen atoms in total. The Morgan fingerprint density at radius 2 is 1.96 bits per heavy atom. The van der Waals surface area contributed by atoms with Gasteiger partial charge < -0.3 is 15.0 Å². The molecule has 2 heterocycles. The fourth-order valence-corrected chi connectivity index (χ4v) is 5.35. The van der Waals surface area contributed by atoms with E-state index in [9.17, 15) is 9.59 Å². The highest BCUT2D eigenvalue weighted by atomic mass is 32.1. The first-order valence-corrected chi connectivity index (χ1v) is 10.3. The number of fused-ring (bicyclic) bond motifs is 2. The van der Waals surface area contributed by atoms with Gasteiger partial charge in [0.05, 0.1) is 19.2 Å². The second kappa shape index (κ2) is 7.72. The maximum absolute atomic E-state index is 12.7. The monoisotopic (exact) mass is 384 g/mol. The number of amides is 1. The minimum Gasteiger partial charge on any atom is -0.465 e. The Morgan fingerprint density at radius 1 is 1.15 bits per heavy atom. The van der Waals surface area contributed by atoms with Crippen LogP contribution in [0.2, 0.25) is 0 Å². The third-order valence-electron chi connectivity index (χ3n) is 5.38. The van der Waals surface area contributed by atoms with Crippen molar-refractivity contribution in [3.05, 3.63) is 45.8 Å². The number of anilines is 2. The highest BCUT2D eigenvalue weighted by Crippen LogP contribution is 2.38. The normalized spacial score (nSPS) is 15.7. The Hall–Kier alpha value is -2.34. The maximum Gasteiger partial charge on any atom is 0.341 e. The Bertz CT molecular complexity index is 874. The summed E-state index contributed by atoms with van der Waals surface area (Å²) in [5.41, 5.74) is 4.05. The molecular weight excluding hydrogens is 360 g/mol. The topological polar surface area (TPSA) is 58.6 Å². The first-order valence-electron chi connectivity index (χ1n) is 9.53. The van der Waals surface area contributed by atoms with Crippen LogP contribution in [-0.4, -0.2) is 32.1 Å². The van der Waals surface area contributed by atoms with Crippen molar-refractivity contribution in [2.24, 2.45) is 0 Å². The van der Waals surface area contributed by atoms with E-state index in [1.807, 2.05) is 12.1 Å². The molecule has 1 aliphatic heterocycles. The number of carbonyl (C=O) groups excluding carboxylic acids is 2. The van der Waals surface area contributed by atoms with Crippen molar-refractivity contribution in [3.63, 3.8) is 0 Å². The molecule has 0 unspecified atom stereocenters. The van der Waals surface area contributed by atoms with Gasteiger partial charge in [-0.3, -0.25) is 4.79 Å². The van der Waals surface area contributed by atoms with Crippen LogP contribution in [0.5, 0.6) is 0 Å².